The lowest BCUT2D eigenvalue weighted by Gasteiger charge is -2.33. The number of fused-ring (bicyclic) bond motifs is 2. The Morgan fingerprint density at radius 2 is 1.88 bits per heavy atom. The van der Waals surface area contributed by atoms with Gasteiger partial charge in [-0.05, 0) is 49.7 Å². The Morgan fingerprint density at radius 3 is 2.62 bits per heavy atom. The first-order valence-corrected chi connectivity index (χ1v) is 11.6. The normalized spacial score (nSPS) is 16.3. The first-order chi connectivity index (χ1) is 15.6. The Labute approximate surface area is 192 Å². The number of H-pyrrole nitrogens is 1. The number of pyridine rings is 1. The van der Waals surface area contributed by atoms with Crippen molar-refractivity contribution in [3.05, 3.63) is 70.0 Å². The van der Waals surface area contributed by atoms with Crippen molar-refractivity contribution in [3.63, 3.8) is 0 Å². The molecule has 2 aromatic carbocycles. The number of ether oxygens (including phenoxy) is 2. The quantitative estimate of drug-likeness (QED) is 0.554. The van der Waals surface area contributed by atoms with Gasteiger partial charge in [0.15, 0.2) is 16.6 Å². The number of nitrogens with zero attached hydrogens (tertiary/aromatic N) is 1. The maximum absolute atomic E-state index is 12.9. The van der Waals surface area contributed by atoms with Crippen molar-refractivity contribution < 1.29 is 9.47 Å². The van der Waals surface area contributed by atoms with Crippen LogP contribution in [0.3, 0.4) is 0 Å². The maximum atomic E-state index is 12.9. The lowest BCUT2D eigenvalue weighted by Crippen LogP contribution is -2.46. The monoisotopic (exact) mass is 449 g/mol. The average Bonchev–Trinajstić information content (AvgIpc) is 3.48. The minimum atomic E-state index is -0.0988. The molecule has 0 bridgehead atoms. The molecule has 2 aliphatic rings. The van der Waals surface area contributed by atoms with Gasteiger partial charge in [0.2, 0.25) is 6.79 Å². The molecule has 6 nitrogen and oxygen atoms in total. The Bertz CT molecular complexity index is 1190. The topological polar surface area (TPSA) is 66.6 Å². The summed E-state index contributed by atoms with van der Waals surface area (Å²) in [6.07, 6.45) is 4.56. The lowest BCUT2D eigenvalue weighted by molar-refractivity contribution is 0.174. The van der Waals surface area contributed by atoms with E-state index in [1.807, 2.05) is 36.4 Å². The van der Waals surface area contributed by atoms with Crippen molar-refractivity contribution in [2.75, 3.05) is 6.79 Å². The molecular weight excluding hydrogens is 422 g/mol. The van der Waals surface area contributed by atoms with Crippen LogP contribution in [0.25, 0.3) is 10.9 Å². The summed E-state index contributed by atoms with van der Waals surface area (Å²) in [5, 5.41) is 5.11. The molecular formula is C25H27N3O3S. The summed E-state index contributed by atoms with van der Waals surface area (Å²) in [6, 6.07) is 16.4. The largest absolute Gasteiger partial charge is 0.454 e. The van der Waals surface area contributed by atoms with E-state index in [9.17, 15) is 4.79 Å². The molecule has 1 atom stereocenters. The van der Waals surface area contributed by atoms with E-state index >= 15 is 0 Å². The summed E-state index contributed by atoms with van der Waals surface area (Å²) >= 11 is 5.86. The van der Waals surface area contributed by atoms with Gasteiger partial charge in [0.1, 0.15) is 0 Å². The third-order valence-electron chi connectivity index (χ3n) is 6.42. The molecule has 166 valence electrons. The van der Waals surface area contributed by atoms with Crippen molar-refractivity contribution in [2.24, 2.45) is 0 Å². The molecule has 1 aliphatic carbocycles. The maximum Gasteiger partial charge on any atom is 0.253 e. The van der Waals surface area contributed by atoms with Crippen LogP contribution in [0.15, 0.2) is 53.3 Å². The molecule has 3 aromatic rings. The van der Waals surface area contributed by atoms with E-state index in [0.29, 0.717) is 34.8 Å². The van der Waals surface area contributed by atoms with Crippen LogP contribution >= 0.6 is 12.2 Å². The highest BCUT2D eigenvalue weighted by molar-refractivity contribution is 7.80. The van der Waals surface area contributed by atoms with Gasteiger partial charge in [0, 0.05) is 23.1 Å². The molecule has 0 saturated heterocycles. The summed E-state index contributed by atoms with van der Waals surface area (Å²) in [5.41, 5.74) is 2.52. The second-order valence-electron chi connectivity index (χ2n) is 8.56. The zero-order valence-electron chi connectivity index (χ0n) is 18.1. The number of aromatic amines is 1. The van der Waals surface area contributed by atoms with Crippen molar-refractivity contribution in [2.45, 2.75) is 51.2 Å². The van der Waals surface area contributed by atoms with E-state index in [4.69, 9.17) is 21.7 Å². The second kappa shape index (κ2) is 8.82. The van der Waals surface area contributed by atoms with Crippen LogP contribution in [-0.2, 0) is 6.54 Å². The predicted molar refractivity (Wildman–Crippen MR) is 129 cm³/mol. The van der Waals surface area contributed by atoms with Gasteiger partial charge in [-0.2, -0.15) is 0 Å². The molecule has 2 heterocycles. The Balaban J connectivity index is 1.42. The number of benzene rings is 2. The summed E-state index contributed by atoms with van der Waals surface area (Å²) < 4.78 is 10.9. The molecule has 7 heteroatoms. The summed E-state index contributed by atoms with van der Waals surface area (Å²) in [7, 11) is 0. The number of thiocarbonyl (C=S) groups is 1. The third-order valence-corrected chi connectivity index (χ3v) is 6.77. The molecule has 1 fully saturated rings. The van der Waals surface area contributed by atoms with Crippen molar-refractivity contribution in [1.29, 1.82) is 0 Å². The second-order valence-corrected chi connectivity index (χ2v) is 8.95. The fraction of sp³-hybridized carbons (Fsp3) is 0.360. The van der Waals surface area contributed by atoms with Crippen LogP contribution < -0.4 is 20.3 Å². The number of aromatic nitrogens is 1. The zero-order chi connectivity index (χ0) is 22.1. The van der Waals surface area contributed by atoms with Crippen LogP contribution in [0, 0.1) is 0 Å². The van der Waals surface area contributed by atoms with Crippen molar-refractivity contribution >= 4 is 28.2 Å². The Morgan fingerprint density at radius 1 is 1.16 bits per heavy atom. The van der Waals surface area contributed by atoms with Gasteiger partial charge in [-0.3, -0.25) is 4.79 Å². The fourth-order valence-corrected chi connectivity index (χ4v) is 5.01. The highest BCUT2D eigenvalue weighted by atomic mass is 32.1. The lowest BCUT2D eigenvalue weighted by atomic mass is 10.1. The first kappa shape index (κ1) is 20.8. The number of hydrogen-bond donors (Lipinski definition) is 2. The van der Waals surface area contributed by atoms with Gasteiger partial charge in [-0.1, -0.05) is 43.2 Å². The average molecular weight is 450 g/mol. The Kier molecular flexibility index (Phi) is 5.74. The molecule has 0 radical (unpaired) electrons. The highest BCUT2D eigenvalue weighted by Gasteiger charge is 2.26. The van der Waals surface area contributed by atoms with Gasteiger partial charge in [-0.15, -0.1) is 0 Å². The van der Waals surface area contributed by atoms with Crippen LogP contribution in [0.4, 0.5) is 0 Å². The van der Waals surface area contributed by atoms with Gasteiger partial charge >= 0.3 is 0 Å². The molecule has 1 aromatic heterocycles. The smallest absolute Gasteiger partial charge is 0.253 e. The van der Waals surface area contributed by atoms with Crippen molar-refractivity contribution in [3.8, 4) is 11.5 Å². The molecule has 0 amide bonds. The van der Waals surface area contributed by atoms with E-state index in [-0.39, 0.29) is 18.4 Å². The zero-order valence-corrected chi connectivity index (χ0v) is 18.9. The van der Waals surface area contributed by atoms with Crippen molar-refractivity contribution in [1.82, 2.24) is 15.2 Å². The fourth-order valence-electron chi connectivity index (χ4n) is 4.62. The predicted octanol–water partition coefficient (Wildman–Crippen LogP) is 4.64. The number of hydrogen-bond acceptors (Lipinski definition) is 4. The van der Waals surface area contributed by atoms with Crippen LogP contribution in [0.2, 0.25) is 0 Å². The van der Waals surface area contributed by atoms with Gasteiger partial charge in [-0.25, -0.2) is 0 Å². The summed E-state index contributed by atoms with van der Waals surface area (Å²) in [4.78, 5) is 18.1. The van der Waals surface area contributed by atoms with Gasteiger partial charge in [0.25, 0.3) is 5.56 Å². The summed E-state index contributed by atoms with van der Waals surface area (Å²) in [5.74, 6) is 1.37. The van der Waals surface area contributed by atoms with E-state index < -0.39 is 0 Å². The van der Waals surface area contributed by atoms with Gasteiger partial charge in [0.05, 0.1) is 18.1 Å². The molecule has 32 heavy (non-hydrogen) atoms. The van der Waals surface area contributed by atoms with Gasteiger partial charge < -0.3 is 24.7 Å². The third kappa shape index (κ3) is 4.17. The van der Waals surface area contributed by atoms with Crippen LogP contribution in [-0.4, -0.2) is 27.8 Å². The minimum Gasteiger partial charge on any atom is -0.454 e. The molecule has 0 spiro atoms. The van der Waals surface area contributed by atoms with E-state index in [1.54, 1.807) is 0 Å². The molecule has 0 unspecified atom stereocenters. The molecule has 2 N–H and O–H groups in total. The number of rotatable bonds is 5. The van der Waals surface area contributed by atoms with E-state index in [1.165, 1.54) is 18.4 Å². The Hall–Kier alpha value is -3.06. The standard InChI is InChI=1S/C25H27N3O3S/c1-16(17-7-3-2-4-8-17)26-25(32)28(20-9-5-6-10-20)14-19-11-18-12-22-23(31-15-30-22)13-21(18)27-24(19)29/h2-4,7-8,11-13,16,20H,5-6,9-10,14-15H2,1H3,(H,26,32)(H,27,29)/t16-/m0/s1. The highest BCUT2D eigenvalue weighted by Crippen LogP contribution is 2.35. The first-order valence-electron chi connectivity index (χ1n) is 11.2. The molecule has 1 saturated carbocycles. The van der Waals surface area contributed by atoms with Crippen LogP contribution in [0.5, 0.6) is 11.5 Å². The summed E-state index contributed by atoms with van der Waals surface area (Å²) in [6.45, 7) is 2.79. The van der Waals surface area contributed by atoms with E-state index in [2.05, 4.69) is 34.3 Å². The molecule has 5 rings (SSSR count). The number of nitrogens with one attached hydrogen (secondary N) is 2. The molecule has 1 aliphatic heterocycles. The van der Waals surface area contributed by atoms with Crippen LogP contribution in [0.1, 0.15) is 49.8 Å². The van der Waals surface area contributed by atoms with E-state index in [0.717, 1.165) is 23.7 Å². The SMILES string of the molecule is C[C@H](NC(=S)N(Cc1cc2cc3c(cc2[nH]c1=O)OCO3)C1CCCC1)c1ccccc1. The minimum absolute atomic E-state index is 0.0854.